The predicted octanol–water partition coefficient (Wildman–Crippen LogP) is 1.86. The van der Waals surface area contributed by atoms with Gasteiger partial charge < -0.3 is 4.90 Å². The molecule has 0 aromatic rings. The average molecular weight is 138 g/mol. The summed E-state index contributed by atoms with van der Waals surface area (Å²) in [6, 6.07) is 0. The molecule has 0 bridgehead atoms. The van der Waals surface area contributed by atoms with E-state index in [-0.39, 0.29) is 0 Å². The van der Waals surface area contributed by atoms with Crippen LogP contribution in [-0.4, -0.2) is 24.5 Å². The molecule has 1 fully saturated rings. The zero-order valence-electron chi connectivity index (χ0n) is 6.55. The van der Waals surface area contributed by atoms with Crippen molar-refractivity contribution in [2.45, 2.75) is 19.3 Å². The lowest BCUT2D eigenvalue weighted by Gasteiger charge is -2.11. The monoisotopic (exact) mass is 138 g/mol. The molecule has 0 aliphatic carbocycles. The van der Waals surface area contributed by atoms with Crippen molar-refractivity contribution < 1.29 is 0 Å². The molecule has 1 saturated heterocycles. The maximum absolute atomic E-state index is 3.65. The minimum absolute atomic E-state index is 1.17. The van der Waals surface area contributed by atoms with Gasteiger partial charge >= 0.3 is 0 Å². The van der Waals surface area contributed by atoms with Gasteiger partial charge in [-0.2, -0.15) is 0 Å². The summed E-state index contributed by atoms with van der Waals surface area (Å²) in [5.74, 6) is 0. The summed E-state index contributed by atoms with van der Waals surface area (Å²) in [4.78, 5) is 2.51. The third-order valence-corrected chi connectivity index (χ3v) is 1.98. The van der Waals surface area contributed by atoms with E-state index >= 15 is 0 Å². The van der Waals surface area contributed by atoms with Crippen LogP contribution >= 0.6 is 0 Å². The van der Waals surface area contributed by atoms with Gasteiger partial charge in [-0.1, -0.05) is 12.2 Å². The molecule has 0 unspecified atom stereocenters. The van der Waals surface area contributed by atoms with Crippen molar-refractivity contribution in [2.24, 2.45) is 0 Å². The highest BCUT2D eigenvalue weighted by atomic mass is 15.1. The van der Waals surface area contributed by atoms with E-state index in [0.29, 0.717) is 0 Å². The maximum Gasteiger partial charge on any atom is 0.00159 e. The van der Waals surface area contributed by atoms with E-state index in [9.17, 15) is 0 Å². The molecule has 0 N–H and O–H groups in total. The van der Waals surface area contributed by atoms with E-state index in [1.54, 1.807) is 0 Å². The van der Waals surface area contributed by atoms with Crippen LogP contribution in [0.3, 0.4) is 0 Å². The molecule has 0 aromatic carbocycles. The molecular weight excluding hydrogens is 122 g/mol. The Labute approximate surface area is 63.7 Å². The van der Waals surface area contributed by atoms with Crippen LogP contribution in [0.2, 0.25) is 0 Å². The third kappa shape index (κ3) is 2.53. The van der Waals surface area contributed by atoms with Crippen molar-refractivity contribution in [3.8, 4) is 0 Å². The van der Waals surface area contributed by atoms with Crippen LogP contribution in [0.25, 0.3) is 0 Å². The summed E-state index contributed by atoms with van der Waals surface area (Å²) < 4.78 is 0. The second-order valence-corrected chi connectivity index (χ2v) is 2.81. The third-order valence-electron chi connectivity index (χ3n) is 1.98. The number of hydrogen-bond acceptors (Lipinski definition) is 1. The van der Waals surface area contributed by atoms with Crippen LogP contribution in [0.15, 0.2) is 12.2 Å². The van der Waals surface area contributed by atoms with Crippen LogP contribution in [0.5, 0.6) is 0 Å². The molecule has 0 amide bonds. The van der Waals surface area contributed by atoms with Crippen LogP contribution < -0.4 is 0 Å². The number of hydrogen-bond donors (Lipinski definition) is 0. The lowest BCUT2D eigenvalue weighted by Crippen LogP contribution is -2.19. The van der Waals surface area contributed by atoms with E-state index in [2.05, 4.69) is 17.9 Å². The first kappa shape index (κ1) is 7.80. The van der Waals surface area contributed by atoms with Gasteiger partial charge in [0.25, 0.3) is 0 Å². The Kier molecular flexibility index (Phi) is 3.52. The molecule has 1 rings (SSSR count). The molecule has 0 aromatic heterocycles. The van der Waals surface area contributed by atoms with Gasteiger partial charge in [-0.05, 0) is 39.3 Å². The minimum atomic E-state index is 1.17. The lowest BCUT2D eigenvalue weighted by molar-refractivity contribution is 0.346. The largest absolute Gasteiger partial charge is 0.303 e. The van der Waals surface area contributed by atoms with Crippen LogP contribution in [0, 0.1) is 6.92 Å². The minimum Gasteiger partial charge on any atom is -0.303 e. The number of rotatable bonds is 3. The van der Waals surface area contributed by atoms with Gasteiger partial charge in [-0.15, -0.1) is 0 Å². The number of nitrogens with zero attached hydrogens (tertiary/aromatic N) is 1. The van der Waals surface area contributed by atoms with E-state index in [0.717, 1.165) is 0 Å². The standard InChI is InChI=1S/C9H16N/c1-2-3-4-7-10-8-5-6-9-10/h2-3H,1,4-9H2/b3-2+. The van der Waals surface area contributed by atoms with E-state index in [1.165, 1.54) is 38.9 Å². The van der Waals surface area contributed by atoms with Gasteiger partial charge in [0.15, 0.2) is 0 Å². The molecule has 1 heterocycles. The predicted molar refractivity (Wildman–Crippen MR) is 44.8 cm³/mol. The Morgan fingerprint density at radius 3 is 2.60 bits per heavy atom. The van der Waals surface area contributed by atoms with Gasteiger partial charge in [0, 0.05) is 6.54 Å². The van der Waals surface area contributed by atoms with E-state index in [4.69, 9.17) is 0 Å². The van der Waals surface area contributed by atoms with Gasteiger partial charge in [0.1, 0.15) is 0 Å². The summed E-state index contributed by atoms with van der Waals surface area (Å²) in [5.41, 5.74) is 0. The van der Waals surface area contributed by atoms with Crippen LogP contribution in [0.1, 0.15) is 19.3 Å². The Morgan fingerprint density at radius 1 is 1.30 bits per heavy atom. The van der Waals surface area contributed by atoms with Crippen molar-refractivity contribution in [3.63, 3.8) is 0 Å². The molecule has 1 heteroatoms. The molecule has 1 aliphatic rings. The molecule has 10 heavy (non-hydrogen) atoms. The second-order valence-electron chi connectivity index (χ2n) is 2.81. The summed E-state index contributed by atoms with van der Waals surface area (Å²) in [6.45, 7) is 7.50. The first-order valence-corrected chi connectivity index (χ1v) is 4.10. The van der Waals surface area contributed by atoms with Gasteiger partial charge in [-0.3, -0.25) is 0 Å². The van der Waals surface area contributed by atoms with Crippen molar-refractivity contribution >= 4 is 0 Å². The SMILES string of the molecule is [CH2]/C=C/CCN1CCCC1. The Hall–Kier alpha value is -0.300. The smallest absolute Gasteiger partial charge is 0.00159 e. The van der Waals surface area contributed by atoms with Crippen LogP contribution in [-0.2, 0) is 0 Å². The van der Waals surface area contributed by atoms with E-state index in [1.807, 2.05) is 6.08 Å². The van der Waals surface area contributed by atoms with Gasteiger partial charge in [0.05, 0.1) is 0 Å². The highest BCUT2D eigenvalue weighted by Gasteiger charge is 2.08. The second kappa shape index (κ2) is 4.51. The molecule has 1 nitrogen and oxygen atoms in total. The van der Waals surface area contributed by atoms with E-state index < -0.39 is 0 Å². The zero-order valence-corrected chi connectivity index (χ0v) is 6.55. The Morgan fingerprint density at radius 2 is 2.00 bits per heavy atom. The van der Waals surface area contributed by atoms with Crippen molar-refractivity contribution in [2.75, 3.05) is 19.6 Å². The molecule has 0 atom stereocenters. The molecule has 1 radical (unpaired) electrons. The first-order chi connectivity index (χ1) is 4.93. The molecule has 0 saturated carbocycles. The fourth-order valence-corrected chi connectivity index (χ4v) is 1.38. The van der Waals surface area contributed by atoms with Gasteiger partial charge in [0.2, 0.25) is 0 Å². The average Bonchev–Trinajstić information content (AvgIpc) is 2.41. The summed E-state index contributed by atoms with van der Waals surface area (Å²) >= 11 is 0. The molecule has 1 aliphatic heterocycles. The highest BCUT2D eigenvalue weighted by Crippen LogP contribution is 2.07. The zero-order chi connectivity index (χ0) is 7.23. The summed E-state index contributed by atoms with van der Waals surface area (Å²) in [6.07, 6.45) is 7.99. The Balaban J connectivity index is 2.01. The number of allylic oxidation sites excluding steroid dienone is 1. The fraction of sp³-hybridized carbons (Fsp3) is 0.667. The van der Waals surface area contributed by atoms with Crippen molar-refractivity contribution in [1.82, 2.24) is 4.90 Å². The fourth-order valence-electron chi connectivity index (χ4n) is 1.38. The van der Waals surface area contributed by atoms with Crippen molar-refractivity contribution in [3.05, 3.63) is 19.1 Å². The van der Waals surface area contributed by atoms with Crippen molar-refractivity contribution in [1.29, 1.82) is 0 Å². The summed E-state index contributed by atoms with van der Waals surface area (Å²) in [7, 11) is 0. The maximum atomic E-state index is 3.65. The van der Waals surface area contributed by atoms with Crippen LogP contribution in [0.4, 0.5) is 0 Å². The number of likely N-dealkylation sites (tertiary alicyclic amines) is 1. The summed E-state index contributed by atoms with van der Waals surface area (Å²) in [5, 5.41) is 0. The molecular formula is C9H16N. The lowest BCUT2D eigenvalue weighted by atomic mass is 10.3. The first-order valence-electron chi connectivity index (χ1n) is 4.10. The normalized spacial score (nSPS) is 20.9. The molecule has 0 spiro atoms. The molecule has 57 valence electrons. The quantitative estimate of drug-likeness (QED) is 0.575. The topological polar surface area (TPSA) is 3.24 Å². The van der Waals surface area contributed by atoms with Gasteiger partial charge in [-0.25, -0.2) is 0 Å². The highest BCUT2D eigenvalue weighted by molar-refractivity contribution is 4.84. The Bertz CT molecular complexity index is 101.